The third-order valence-electron chi connectivity index (χ3n) is 7.21. The topological polar surface area (TPSA) is 203 Å². The summed E-state index contributed by atoms with van der Waals surface area (Å²) in [6, 6.07) is 8.81. The first-order chi connectivity index (χ1) is 23.4. The fourth-order valence-corrected chi connectivity index (χ4v) is 6.36. The number of aromatic nitrogens is 2. The Hall–Kier alpha value is -4.88. The number of nitrogens with zero attached hydrogens (tertiary/aromatic N) is 5. The minimum atomic E-state index is -5.08. The van der Waals surface area contributed by atoms with E-state index in [1.54, 1.807) is 36.5 Å². The first-order valence-corrected chi connectivity index (χ1v) is 16.7. The van der Waals surface area contributed by atoms with Crippen molar-refractivity contribution in [2.24, 2.45) is 11.2 Å². The molecule has 3 N–H and O–H groups in total. The van der Waals surface area contributed by atoms with Crippen LogP contribution in [0.1, 0.15) is 33.1 Å². The number of benzene rings is 2. The summed E-state index contributed by atoms with van der Waals surface area (Å²) in [7, 11) is -2.97. The number of nitroso groups, excluding NO2 is 1. The van der Waals surface area contributed by atoms with Crippen molar-refractivity contribution in [1.82, 2.24) is 24.6 Å². The molecular weight excluding hydrogens is 711 g/mol. The highest BCUT2D eigenvalue weighted by molar-refractivity contribution is 7.89. The van der Waals surface area contributed by atoms with Gasteiger partial charge in [0.1, 0.15) is 12.1 Å². The summed E-state index contributed by atoms with van der Waals surface area (Å²) in [5.74, 6) is -4.23. The Morgan fingerprint density at radius 1 is 1.16 bits per heavy atom. The fourth-order valence-electron chi connectivity index (χ4n) is 4.97. The van der Waals surface area contributed by atoms with E-state index in [1.165, 1.54) is 29.4 Å². The molecule has 0 saturated carbocycles. The van der Waals surface area contributed by atoms with Crippen LogP contribution in [0.25, 0.3) is 11.3 Å². The number of hydrogen-bond donors (Lipinski definition) is 3. The second-order valence-corrected chi connectivity index (χ2v) is 13.4. The summed E-state index contributed by atoms with van der Waals surface area (Å²) >= 11 is 6.28. The molecule has 2 aromatic carbocycles. The third-order valence-corrected chi connectivity index (χ3v) is 8.93. The number of carbonyl (C=O) groups is 4. The van der Waals surface area contributed by atoms with Gasteiger partial charge >= 0.3 is 18.2 Å². The molecule has 1 saturated heterocycles. The maximum absolute atomic E-state index is 14.2. The molecule has 15 nitrogen and oxygen atoms in total. The zero-order valence-electron chi connectivity index (χ0n) is 26.8. The second kappa shape index (κ2) is 16.7. The van der Waals surface area contributed by atoms with E-state index >= 15 is 0 Å². The number of nitrogens with one attached hydrogen (secondary N) is 2. The van der Waals surface area contributed by atoms with Gasteiger partial charge < -0.3 is 15.0 Å². The molecule has 270 valence electrons. The number of imidazole rings is 1. The highest BCUT2D eigenvalue weighted by Gasteiger charge is 2.43. The molecule has 1 fully saturated rings. The van der Waals surface area contributed by atoms with E-state index in [2.05, 4.69) is 20.0 Å². The third kappa shape index (κ3) is 9.85. The van der Waals surface area contributed by atoms with E-state index in [4.69, 9.17) is 21.5 Å². The number of urea groups is 1. The Bertz CT molecular complexity index is 1800. The van der Waals surface area contributed by atoms with Gasteiger partial charge in [0, 0.05) is 30.4 Å². The lowest BCUT2D eigenvalue weighted by Crippen LogP contribution is -2.56. The summed E-state index contributed by atoms with van der Waals surface area (Å²) in [4.78, 5) is 71.0. The molecule has 3 aromatic rings. The average Bonchev–Trinajstić information content (AvgIpc) is 3.77. The standard InChI is InChI=1S/C28H32ClN7O6S.C2HF3O2/c1-18(2)14-22(32-43(41,42)20-8-5-4-6-9-20)26(37)35-13-7-10-24(35)27(38)36(28(39)34(3)33-40)25-15-19(29)11-12-21(25)23-16-30-17-31-23;3-2(4,5)1(6)7/h4-6,8-9,11-12,15-18,22,24,32H,7,10,13-14H2,1-3H3,(H,30,31);(H,6,7)/t22?,24-;/m0./s1. The number of amides is 4. The molecule has 4 amide bonds. The van der Waals surface area contributed by atoms with Crippen molar-refractivity contribution in [3.63, 3.8) is 0 Å². The summed E-state index contributed by atoms with van der Waals surface area (Å²) in [6.07, 6.45) is -1.32. The van der Waals surface area contributed by atoms with Crippen molar-refractivity contribution in [3.8, 4) is 11.3 Å². The smallest absolute Gasteiger partial charge is 0.475 e. The Morgan fingerprint density at radius 2 is 1.80 bits per heavy atom. The number of carboxylic acids is 1. The molecule has 0 aliphatic carbocycles. The van der Waals surface area contributed by atoms with Crippen molar-refractivity contribution in [1.29, 1.82) is 0 Å². The normalized spacial score (nSPS) is 15.1. The molecule has 0 bridgehead atoms. The number of carbonyl (C=O) groups excluding carboxylic acids is 3. The summed E-state index contributed by atoms with van der Waals surface area (Å²) in [5, 5.41) is 10.5. The van der Waals surface area contributed by atoms with Crippen LogP contribution >= 0.6 is 11.6 Å². The SMILES string of the molecule is CC(C)CC(NS(=O)(=O)c1ccccc1)C(=O)N1CCC[C@H]1C(=O)N(C(=O)N(C)N=O)c1cc(Cl)ccc1-c1c[nH]cn1.O=C(O)C(F)(F)F. The maximum atomic E-state index is 14.2. The van der Waals surface area contributed by atoms with Crippen LogP contribution in [0.3, 0.4) is 0 Å². The van der Waals surface area contributed by atoms with Gasteiger partial charge in [0.25, 0.3) is 5.91 Å². The molecule has 4 rings (SSSR count). The lowest BCUT2D eigenvalue weighted by atomic mass is 10.0. The number of hydrogen-bond acceptors (Lipinski definition) is 9. The van der Waals surface area contributed by atoms with Gasteiger partial charge in [0.05, 0.1) is 27.9 Å². The van der Waals surface area contributed by atoms with E-state index in [9.17, 15) is 40.9 Å². The number of aliphatic carboxylic acids is 1. The average molecular weight is 744 g/mol. The number of halogens is 4. The first-order valence-electron chi connectivity index (χ1n) is 14.8. The molecule has 20 heteroatoms. The van der Waals surface area contributed by atoms with Gasteiger partial charge in [-0.1, -0.05) is 43.6 Å². The molecule has 1 aliphatic rings. The Kier molecular flexibility index (Phi) is 13.2. The molecule has 2 atom stereocenters. The van der Waals surface area contributed by atoms with Crippen LogP contribution in [-0.2, 0) is 24.4 Å². The molecule has 0 radical (unpaired) electrons. The zero-order chi connectivity index (χ0) is 37.4. The molecule has 50 heavy (non-hydrogen) atoms. The van der Waals surface area contributed by atoms with E-state index in [1.807, 2.05) is 13.8 Å². The predicted octanol–water partition coefficient (Wildman–Crippen LogP) is 4.81. The number of imide groups is 1. The number of likely N-dealkylation sites (tertiary alicyclic amines) is 1. The monoisotopic (exact) mass is 743 g/mol. The van der Waals surface area contributed by atoms with Crippen LogP contribution in [-0.4, -0.2) is 89.1 Å². The molecule has 1 unspecified atom stereocenters. The summed E-state index contributed by atoms with van der Waals surface area (Å²) in [5.41, 5.74) is 0.786. The van der Waals surface area contributed by atoms with Gasteiger partial charge in [-0.3, -0.25) is 9.59 Å². The van der Waals surface area contributed by atoms with Crippen LogP contribution < -0.4 is 9.62 Å². The lowest BCUT2D eigenvalue weighted by Gasteiger charge is -2.33. The van der Waals surface area contributed by atoms with Crippen molar-refractivity contribution in [2.45, 2.75) is 56.3 Å². The van der Waals surface area contributed by atoms with Crippen molar-refractivity contribution in [3.05, 3.63) is 71.0 Å². The summed E-state index contributed by atoms with van der Waals surface area (Å²) < 4.78 is 60.6. The van der Waals surface area contributed by atoms with Gasteiger partial charge in [0.2, 0.25) is 15.9 Å². The maximum Gasteiger partial charge on any atom is 0.490 e. The number of carboxylic acid groups (broad SMARTS) is 1. The van der Waals surface area contributed by atoms with Gasteiger partial charge in [-0.15, -0.1) is 4.91 Å². The number of sulfonamides is 1. The van der Waals surface area contributed by atoms with Gasteiger partial charge in [-0.2, -0.15) is 22.9 Å². The van der Waals surface area contributed by atoms with E-state index in [0.29, 0.717) is 22.7 Å². The number of anilines is 1. The first kappa shape index (κ1) is 39.6. The molecule has 1 aliphatic heterocycles. The quantitative estimate of drug-likeness (QED) is 0.192. The largest absolute Gasteiger partial charge is 0.490 e. The van der Waals surface area contributed by atoms with E-state index in [0.717, 1.165) is 11.9 Å². The molecule has 1 aromatic heterocycles. The number of H-pyrrole nitrogens is 1. The Labute approximate surface area is 289 Å². The van der Waals surface area contributed by atoms with E-state index in [-0.39, 0.29) is 40.9 Å². The minimum Gasteiger partial charge on any atom is -0.475 e. The molecule has 2 heterocycles. The van der Waals surface area contributed by atoms with Crippen LogP contribution in [0, 0.1) is 10.8 Å². The number of rotatable bonds is 10. The minimum absolute atomic E-state index is 0.00127. The lowest BCUT2D eigenvalue weighted by molar-refractivity contribution is -0.192. The second-order valence-electron chi connectivity index (χ2n) is 11.3. The fraction of sp³-hybridized carbons (Fsp3) is 0.367. The van der Waals surface area contributed by atoms with Crippen molar-refractivity contribution < 1.29 is 45.9 Å². The van der Waals surface area contributed by atoms with Gasteiger partial charge in [-0.25, -0.2) is 27.9 Å². The predicted molar refractivity (Wildman–Crippen MR) is 174 cm³/mol. The van der Waals surface area contributed by atoms with Crippen LogP contribution in [0.15, 0.2) is 71.2 Å². The van der Waals surface area contributed by atoms with Gasteiger partial charge in [0.15, 0.2) is 0 Å². The van der Waals surface area contributed by atoms with Crippen LogP contribution in [0.5, 0.6) is 0 Å². The summed E-state index contributed by atoms with van der Waals surface area (Å²) in [6.45, 7) is 3.85. The highest BCUT2D eigenvalue weighted by atomic mass is 35.5. The Morgan fingerprint density at radius 3 is 2.34 bits per heavy atom. The zero-order valence-corrected chi connectivity index (χ0v) is 28.4. The van der Waals surface area contributed by atoms with Gasteiger partial charge in [-0.05, 0) is 55.5 Å². The molecular formula is C30H33ClF3N7O8S. The number of alkyl halides is 3. The van der Waals surface area contributed by atoms with Crippen LogP contribution in [0.4, 0.5) is 23.7 Å². The van der Waals surface area contributed by atoms with Crippen LogP contribution in [0.2, 0.25) is 5.02 Å². The van der Waals surface area contributed by atoms with Crippen molar-refractivity contribution >= 4 is 51.1 Å². The van der Waals surface area contributed by atoms with E-state index < -0.39 is 52.1 Å². The molecule has 0 spiro atoms. The number of aromatic amines is 1. The highest BCUT2D eigenvalue weighted by Crippen LogP contribution is 2.35. The van der Waals surface area contributed by atoms with Crippen molar-refractivity contribution in [2.75, 3.05) is 18.5 Å². The Balaban J connectivity index is 0.000000872.